The van der Waals surface area contributed by atoms with Crippen LogP contribution in [0.4, 0.5) is 0 Å². The molecule has 0 unspecified atom stereocenters. The molecule has 13 heavy (non-hydrogen) atoms. The number of thiophene rings is 1. The van der Waals surface area contributed by atoms with E-state index in [1.54, 1.807) is 11.3 Å². The van der Waals surface area contributed by atoms with E-state index in [1.807, 2.05) is 24.3 Å². The van der Waals surface area contributed by atoms with E-state index in [4.69, 9.17) is 5.73 Å². The highest BCUT2D eigenvalue weighted by Crippen LogP contribution is 2.22. The third kappa shape index (κ3) is 1.79. The van der Waals surface area contributed by atoms with Gasteiger partial charge in [-0.1, -0.05) is 36.4 Å². The quantitative estimate of drug-likeness (QED) is 0.772. The first-order chi connectivity index (χ1) is 6.38. The summed E-state index contributed by atoms with van der Waals surface area (Å²) in [6, 6.07) is 14.3. The van der Waals surface area contributed by atoms with Crippen molar-refractivity contribution in [2.45, 2.75) is 6.04 Å². The van der Waals surface area contributed by atoms with Crippen LogP contribution in [-0.4, -0.2) is 0 Å². The van der Waals surface area contributed by atoms with Gasteiger partial charge < -0.3 is 5.73 Å². The van der Waals surface area contributed by atoms with E-state index < -0.39 is 0 Å². The Balaban J connectivity index is 2.29. The van der Waals surface area contributed by atoms with E-state index in [2.05, 4.69) is 23.6 Å². The van der Waals surface area contributed by atoms with Crippen LogP contribution in [0.1, 0.15) is 16.5 Å². The summed E-state index contributed by atoms with van der Waals surface area (Å²) in [6.07, 6.45) is 0. The van der Waals surface area contributed by atoms with Gasteiger partial charge in [-0.05, 0) is 17.0 Å². The zero-order valence-corrected chi connectivity index (χ0v) is 8.00. The molecule has 0 fully saturated rings. The molecule has 2 heteroatoms. The topological polar surface area (TPSA) is 26.0 Å². The highest BCUT2D eigenvalue weighted by atomic mass is 32.1. The van der Waals surface area contributed by atoms with Crippen LogP contribution in [-0.2, 0) is 0 Å². The highest BCUT2D eigenvalue weighted by Gasteiger charge is 2.07. The van der Waals surface area contributed by atoms with Gasteiger partial charge in [0.25, 0.3) is 0 Å². The van der Waals surface area contributed by atoms with Crippen LogP contribution in [0.25, 0.3) is 0 Å². The molecule has 1 aromatic heterocycles. The molecule has 2 N–H and O–H groups in total. The van der Waals surface area contributed by atoms with E-state index >= 15 is 0 Å². The van der Waals surface area contributed by atoms with Crippen LogP contribution in [0.15, 0.2) is 47.8 Å². The molecule has 0 aliphatic heterocycles. The summed E-state index contributed by atoms with van der Waals surface area (Å²) < 4.78 is 0. The lowest BCUT2D eigenvalue weighted by molar-refractivity contribution is 0.893. The summed E-state index contributed by atoms with van der Waals surface area (Å²) in [5.74, 6) is 0. The first-order valence-corrected chi connectivity index (χ1v) is 5.10. The fourth-order valence-corrected chi connectivity index (χ4v) is 2.05. The molecule has 0 spiro atoms. The molecule has 0 saturated heterocycles. The molecule has 0 aliphatic carbocycles. The molecule has 1 heterocycles. The lowest BCUT2D eigenvalue weighted by Crippen LogP contribution is -2.09. The number of nitrogens with two attached hydrogens (primary N) is 1. The first kappa shape index (κ1) is 8.48. The third-order valence-electron chi connectivity index (χ3n) is 2.01. The molecule has 0 saturated carbocycles. The third-order valence-corrected chi connectivity index (χ3v) is 2.96. The lowest BCUT2D eigenvalue weighted by atomic mass is 10.1. The monoisotopic (exact) mass is 189 g/mol. The minimum absolute atomic E-state index is 0.0289. The summed E-state index contributed by atoms with van der Waals surface area (Å²) in [7, 11) is 0. The first-order valence-electron chi connectivity index (χ1n) is 4.22. The molecule has 1 aromatic carbocycles. The second kappa shape index (κ2) is 3.73. The molecule has 0 radical (unpaired) electrons. The Morgan fingerprint density at radius 1 is 1.00 bits per heavy atom. The van der Waals surface area contributed by atoms with Gasteiger partial charge in [-0.2, -0.15) is 0 Å². The average Bonchev–Trinajstić information content (AvgIpc) is 2.71. The normalized spacial score (nSPS) is 12.7. The van der Waals surface area contributed by atoms with Crippen LogP contribution in [0.2, 0.25) is 0 Å². The van der Waals surface area contributed by atoms with Crippen molar-refractivity contribution >= 4 is 11.3 Å². The molecular formula is C11H11NS. The van der Waals surface area contributed by atoms with Crippen LogP contribution in [0, 0.1) is 0 Å². The summed E-state index contributed by atoms with van der Waals surface area (Å²) in [5, 5.41) is 2.05. The molecule has 1 atom stereocenters. The van der Waals surface area contributed by atoms with Gasteiger partial charge in [0.1, 0.15) is 0 Å². The maximum absolute atomic E-state index is 6.07. The molecule has 0 bridgehead atoms. The zero-order valence-electron chi connectivity index (χ0n) is 7.18. The van der Waals surface area contributed by atoms with Gasteiger partial charge in [-0.25, -0.2) is 0 Å². The summed E-state index contributed by atoms with van der Waals surface area (Å²) in [5.41, 5.74) is 7.24. The van der Waals surface area contributed by atoms with Gasteiger partial charge in [-0.15, -0.1) is 11.3 Å². The fourth-order valence-electron chi connectivity index (χ4n) is 1.29. The van der Waals surface area contributed by atoms with Crippen LogP contribution < -0.4 is 5.73 Å². The second-order valence-electron chi connectivity index (χ2n) is 2.90. The molecule has 66 valence electrons. The molecule has 0 aliphatic rings. The Bertz CT molecular complexity index is 353. The van der Waals surface area contributed by atoms with Crippen molar-refractivity contribution in [3.8, 4) is 0 Å². The number of hydrogen-bond acceptors (Lipinski definition) is 2. The minimum atomic E-state index is 0.0289. The Kier molecular flexibility index (Phi) is 2.43. The smallest absolute Gasteiger partial charge is 0.0645 e. The number of hydrogen-bond donors (Lipinski definition) is 1. The summed E-state index contributed by atoms with van der Waals surface area (Å²) in [4.78, 5) is 1.21. The average molecular weight is 189 g/mol. The van der Waals surface area contributed by atoms with E-state index in [0.29, 0.717) is 0 Å². The predicted octanol–water partition coefficient (Wildman–Crippen LogP) is 2.80. The van der Waals surface area contributed by atoms with Crippen LogP contribution in [0.3, 0.4) is 0 Å². The van der Waals surface area contributed by atoms with Gasteiger partial charge in [0.2, 0.25) is 0 Å². The van der Waals surface area contributed by atoms with Gasteiger partial charge in [-0.3, -0.25) is 0 Å². The van der Waals surface area contributed by atoms with Gasteiger partial charge in [0.05, 0.1) is 6.04 Å². The fraction of sp³-hybridized carbons (Fsp3) is 0.0909. The SMILES string of the molecule is N[C@H](c1ccccc1)c1cccs1. The van der Waals surface area contributed by atoms with Gasteiger partial charge in [0.15, 0.2) is 0 Å². The van der Waals surface area contributed by atoms with E-state index in [-0.39, 0.29) is 6.04 Å². The van der Waals surface area contributed by atoms with Crippen molar-refractivity contribution in [3.05, 3.63) is 58.3 Å². The van der Waals surface area contributed by atoms with Gasteiger partial charge >= 0.3 is 0 Å². The molecule has 0 amide bonds. The van der Waals surface area contributed by atoms with Crippen molar-refractivity contribution in [2.75, 3.05) is 0 Å². The zero-order chi connectivity index (χ0) is 9.10. The predicted molar refractivity (Wildman–Crippen MR) is 56.8 cm³/mol. The second-order valence-corrected chi connectivity index (χ2v) is 3.88. The Morgan fingerprint density at radius 3 is 2.38 bits per heavy atom. The maximum atomic E-state index is 6.07. The van der Waals surface area contributed by atoms with Crippen molar-refractivity contribution in [3.63, 3.8) is 0 Å². The summed E-state index contributed by atoms with van der Waals surface area (Å²) >= 11 is 1.70. The van der Waals surface area contributed by atoms with Crippen LogP contribution in [0.5, 0.6) is 0 Å². The largest absolute Gasteiger partial charge is 0.320 e. The minimum Gasteiger partial charge on any atom is -0.320 e. The Labute approximate surface area is 81.8 Å². The van der Waals surface area contributed by atoms with Gasteiger partial charge in [0, 0.05) is 4.88 Å². The Morgan fingerprint density at radius 2 is 1.77 bits per heavy atom. The van der Waals surface area contributed by atoms with E-state index in [9.17, 15) is 0 Å². The number of rotatable bonds is 2. The van der Waals surface area contributed by atoms with E-state index in [1.165, 1.54) is 10.4 Å². The van der Waals surface area contributed by atoms with Crippen LogP contribution >= 0.6 is 11.3 Å². The van der Waals surface area contributed by atoms with Crippen molar-refractivity contribution in [2.24, 2.45) is 5.73 Å². The standard InChI is InChI=1S/C11H11NS/c12-11(10-7-4-8-13-10)9-5-2-1-3-6-9/h1-8,11H,12H2/t11-/m1/s1. The van der Waals surface area contributed by atoms with Crippen molar-refractivity contribution < 1.29 is 0 Å². The number of benzene rings is 1. The lowest BCUT2D eigenvalue weighted by Gasteiger charge is -2.08. The highest BCUT2D eigenvalue weighted by molar-refractivity contribution is 7.10. The maximum Gasteiger partial charge on any atom is 0.0645 e. The van der Waals surface area contributed by atoms with E-state index in [0.717, 1.165) is 0 Å². The summed E-state index contributed by atoms with van der Waals surface area (Å²) in [6.45, 7) is 0. The molecular weight excluding hydrogens is 178 g/mol. The molecule has 2 rings (SSSR count). The molecule has 1 nitrogen and oxygen atoms in total. The van der Waals surface area contributed by atoms with Crippen molar-refractivity contribution in [1.82, 2.24) is 0 Å². The Hall–Kier alpha value is -1.12. The molecule has 2 aromatic rings. The van der Waals surface area contributed by atoms with Crippen molar-refractivity contribution in [1.29, 1.82) is 0 Å².